The molecule has 0 bridgehead atoms. The maximum atomic E-state index is 9.14. The van der Waals surface area contributed by atoms with Crippen molar-refractivity contribution >= 4 is 6.08 Å². The Morgan fingerprint density at radius 1 is 1.24 bits per heavy atom. The van der Waals surface area contributed by atoms with E-state index in [1.165, 1.54) is 11.1 Å². The average Bonchev–Trinajstić information content (AvgIpc) is 2.28. The highest BCUT2D eigenvalue weighted by molar-refractivity contribution is 5.50. The highest BCUT2D eigenvalue weighted by atomic mass is 16.3. The molecule has 94 valence electrons. The molecule has 17 heavy (non-hydrogen) atoms. The van der Waals surface area contributed by atoms with Crippen molar-refractivity contribution in [2.45, 2.75) is 52.1 Å². The monoisotopic (exact) mass is 232 g/mol. The Balaban J connectivity index is 2.45. The minimum absolute atomic E-state index is 0.173. The lowest BCUT2D eigenvalue weighted by Gasteiger charge is -2.05. The van der Waals surface area contributed by atoms with Crippen LogP contribution in [0.1, 0.15) is 57.1 Å². The molecular weight excluding hydrogens is 208 g/mol. The maximum absolute atomic E-state index is 9.14. The summed E-state index contributed by atoms with van der Waals surface area (Å²) in [5, 5.41) is 9.14. The van der Waals surface area contributed by atoms with E-state index >= 15 is 0 Å². The molecule has 0 unspecified atom stereocenters. The fourth-order valence-corrected chi connectivity index (χ4v) is 1.77. The van der Waals surface area contributed by atoms with Crippen LogP contribution in [0, 0.1) is 0 Å². The van der Waals surface area contributed by atoms with Crippen molar-refractivity contribution in [3.63, 3.8) is 0 Å². The van der Waals surface area contributed by atoms with E-state index in [-0.39, 0.29) is 6.10 Å². The molecule has 0 spiro atoms. The molecule has 1 rings (SSSR count). The SMILES string of the molecule is CC(C)c1cccc(/C=C/CCC[C@H](C)O)c1. The van der Waals surface area contributed by atoms with E-state index in [1.54, 1.807) is 0 Å². The molecule has 0 aromatic heterocycles. The summed E-state index contributed by atoms with van der Waals surface area (Å²) in [5.41, 5.74) is 2.66. The molecule has 1 N–H and O–H groups in total. The van der Waals surface area contributed by atoms with Gasteiger partial charge in [0.25, 0.3) is 0 Å². The Morgan fingerprint density at radius 2 is 2.00 bits per heavy atom. The molecule has 0 radical (unpaired) electrons. The van der Waals surface area contributed by atoms with Gasteiger partial charge in [-0.25, -0.2) is 0 Å². The molecule has 1 aromatic carbocycles. The predicted molar refractivity (Wildman–Crippen MR) is 75.1 cm³/mol. The highest BCUT2D eigenvalue weighted by Gasteiger charge is 1.98. The molecule has 1 nitrogen and oxygen atoms in total. The average molecular weight is 232 g/mol. The van der Waals surface area contributed by atoms with E-state index in [9.17, 15) is 0 Å². The zero-order valence-electron chi connectivity index (χ0n) is 11.2. The quantitative estimate of drug-likeness (QED) is 0.722. The first-order valence-electron chi connectivity index (χ1n) is 6.54. The van der Waals surface area contributed by atoms with E-state index in [4.69, 9.17) is 5.11 Å². The van der Waals surface area contributed by atoms with E-state index in [0.29, 0.717) is 5.92 Å². The zero-order chi connectivity index (χ0) is 12.7. The Hall–Kier alpha value is -1.08. The van der Waals surface area contributed by atoms with Crippen molar-refractivity contribution in [1.29, 1.82) is 0 Å². The molecule has 1 atom stereocenters. The molecule has 0 aliphatic rings. The van der Waals surface area contributed by atoms with E-state index in [1.807, 2.05) is 6.92 Å². The summed E-state index contributed by atoms with van der Waals surface area (Å²) in [7, 11) is 0. The lowest BCUT2D eigenvalue weighted by molar-refractivity contribution is 0.182. The molecule has 1 heteroatoms. The first kappa shape index (κ1) is 14.0. The zero-order valence-corrected chi connectivity index (χ0v) is 11.2. The van der Waals surface area contributed by atoms with Gasteiger partial charge in [-0.1, -0.05) is 50.3 Å². The minimum Gasteiger partial charge on any atom is -0.393 e. The lowest BCUT2D eigenvalue weighted by atomic mass is 10.0. The highest BCUT2D eigenvalue weighted by Crippen LogP contribution is 2.16. The van der Waals surface area contributed by atoms with Gasteiger partial charge >= 0.3 is 0 Å². The second-order valence-corrected chi connectivity index (χ2v) is 5.01. The first-order valence-corrected chi connectivity index (χ1v) is 6.54. The summed E-state index contributed by atoms with van der Waals surface area (Å²) in [6, 6.07) is 8.67. The van der Waals surface area contributed by atoms with Crippen molar-refractivity contribution in [1.82, 2.24) is 0 Å². The Kier molecular flexibility index (Phi) is 5.99. The number of hydrogen-bond donors (Lipinski definition) is 1. The number of aliphatic hydroxyl groups excluding tert-OH is 1. The summed E-state index contributed by atoms with van der Waals surface area (Å²) in [6.07, 6.45) is 7.17. The fraction of sp³-hybridized carbons (Fsp3) is 0.500. The molecule has 0 fully saturated rings. The van der Waals surface area contributed by atoms with Crippen LogP contribution in [0.4, 0.5) is 0 Å². The van der Waals surface area contributed by atoms with Gasteiger partial charge < -0.3 is 5.11 Å². The van der Waals surface area contributed by atoms with Gasteiger partial charge in [-0.15, -0.1) is 0 Å². The van der Waals surface area contributed by atoms with Gasteiger partial charge in [0.05, 0.1) is 6.10 Å². The summed E-state index contributed by atoms with van der Waals surface area (Å²) < 4.78 is 0. The largest absolute Gasteiger partial charge is 0.393 e. The molecule has 0 saturated heterocycles. The number of hydrogen-bond acceptors (Lipinski definition) is 1. The number of aliphatic hydroxyl groups is 1. The van der Waals surface area contributed by atoms with E-state index < -0.39 is 0 Å². The van der Waals surface area contributed by atoms with Crippen LogP contribution >= 0.6 is 0 Å². The minimum atomic E-state index is -0.173. The third-order valence-electron chi connectivity index (χ3n) is 2.88. The topological polar surface area (TPSA) is 20.2 Å². The van der Waals surface area contributed by atoms with Gasteiger partial charge in [0.15, 0.2) is 0 Å². The fourth-order valence-electron chi connectivity index (χ4n) is 1.77. The number of unbranched alkanes of at least 4 members (excludes halogenated alkanes) is 1. The molecular formula is C16H24O. The smallest absolute Gasteiger partial charge is 0.0512 e. The summed E-state index contributed by atoms with van der Waals surface area (Å²) in [4.78, 5) is 0. The van der Waals surface area contributed by atoms with Crippen LogP contribution in [-0.4, -0.2) is 11.2 Å². The molecule has 0 heterocycles. The van der Waals surface area contributed by atoms with Crippen LogP contribution in [-0.2, 0) is 0 Å². The number of benzene rings is 1. The van der Waals surface area contributed by atoms with E-state index in [2.05, 4.69) is 50.3 Å². The second kappa shape index (κ2) is 7.29. The van der Waals surface area contributed by atoms with Gasteiger partial charge in [-0.05, 0) is 43.2 Å². The molecule has 1 aromatic rings. The van der Waals surface area contributed by atoms with Crippen LogP contribution in [0.5, 0.6) is 0 Å². The van der Waals surface area contributed by atoms with Crippen LogP contribution < -0.4 is 0 Å². The van der Waals surface area contributed by atoms with Gasteiger partial charge in [0, 0.05) is 0 Å². The van der Waals surface area contributed by atoms with Gasteiger partial charge in [0.1, 0.15) is 0 Å². The van der Waals surface area contributed by atoms with Gasteiger partial charge in [-0.3, -0.25) is 0 Å². The Bertz CT molecular complexity index is 350. The normalized spacial score (nSPS) is 13.5. The predicted octanol–water partition coefficient (Wildman–Crippen LogP) is 4.37. The third kappa shape index (κ3) is 5.69. The van der Waals surface area contributed by atoms with Crippen LogP contribution in [0.2, 0.25) is 0 Å². The molecule has 0 saturated carbocycles. The molecule has 0 aliphatic carbocycles. The van der Waals surface area contributed by atoms with Crippen molar-refractivity contribution in [3.05, 3.63) is 41.5 Å². The summed E-state index contributed by atoms with van der Waals surface area (Å²) in [5.74, 6) is 0.582. The van der Waals surface area contributed by atoms with E-state index in [0.717, 1.165) is 19.3 Å². The number of rotatable bonds is 6. The molecule has 0 aliphatic heterocycles. The summed E-state index contributed by atoms with van der Waals surface area (Å²) >= 11 is 0. The first-order chi connectivity index (χ1) is 8.09. The van der Waals surface area contributed by atoms with Crippen molar-refractivity contribution in [2.24, 2.45) is 0 Å². The number of allylic oxidation sites excluding steroid dienone is 1. The second-order valence-electron chi connectivity index (χ2n) is 5.01. The van der Waals surface area contributed by atoms with Crippen LogP contribution in [0.25, 0.3) is 6.08 Å². The standard InChI is InChI=1S/C16H24O/c1-13(2)16-11-7-10-15(12-16)9-6-4-5-8-14(3)17/h6-7,9-14,17H,4-5,8H2,1-3H3/b9-6+/t14-/m0/s1. The van der Waals surface area contributed by atoms with Crippen molar-refractivity contribution in [3.8, 4) is 0 Å². The third-order valence-corrected chi connectivity index (χ3v) is 2.88. The van der Waals surface area contributed by atoms with Crippen LogP contribution in [0.15, 0.2) is 30.3 Å². The van der Waals surface area contributed by atoms with Gasteiger partial charge in [0.2, 0.25) is 0 Å². The molecule has 0 amide bonds. The van der Waals surface area contributed by atoms with Crippen molar-refractivity contribution < 1.29 is 5.11 Å². The Morgan fingerprint density at radius 3 is 2.65 bits per heavy atom. The van der Waals surface area contributed by atoms with Crippen LogP contribution in [0.3, 0.4) is 0 Å². The maximum Gasteiger partial charge on any atom is 0.0512 e. The van der Waals surface area contributed by atoms with Gasteiger partial charge in [-0.2, -0.15) is 0 Å². The van der Waals surface area contributed by atoms with Crippen molar-refractivity contribution in [2.75, 3.05) is 0 Å². The lowest BCUT2D eigenvalue weighted by Crippen LogP contribution is -1.97. The summed E-state index contributed by atoms with van der Waals surface area (Å²) in [6.45, 7) is 6.27. The Labute approximate surface area is 105 Å².